The third kappa shape index (κ3) is 3.04. The maximum Gasteiger partial charge on any atom is 0.262 e. The van der Waals surface area contributed by atoms with E-state index >= 15 is 0 Å². The van der Waals surface area contributed by atoms with Crippen LogP contribution in [0.5, 0.6) is 5.88 Å². The van der Waals surface area contributed by atoms with Crippen LogP contribution in [0.3, 0.4) is 0 Å². The van der Waals surface area contributed by atoms with E-state index in [4.69, 9.17) is 0 Å². The Labute approximate surface area is 116 Å². The van der Waals surface area contributed by atoms with E-state index in [2.05, 4.69) is 23.8 Å². The Morgan fingerprint density at radius 3 is 2.65 bits per heavy atom. The van der Waals surface area contributed by atoms with Crippen LogP contribution in [0, 0.1) is 11.7 Å². The van der Waals surface area contributed by atoms with E-state index < -0.39 is 17.3 Å². The monoisotopic (exact) mass is 276 g/mol. The fraction of sp³-hybridized carbons (Fsp3) is 0.333. The van der Waals surface area contributed by atoms with Gasteiger partial charge >= 0.3 is 0 Å². The van der Waals surface area contributed by atoms with E-state index in [1.54, 1.807) is 6.07 Å². The Bertz CT molecular complexity index is 665. The highest BCUT2D eigenvalue weighted by Crippen LogP contribution is 2.25. The van der Waals surface area contributed by atoms with Crippen molar-refractivity contribution in [1.82, 2.24) is 9.97 Å². The first-order valence-electron chi connectivity index (χ1n) is 6.56. The average molecular weight is 276 g/mol. The molecule has 1 heterocycles. The molecule has 2 rings (SSSR count). The van der Waals surface area contributed by atoms with Crippen molar-refractivity contribution < 1.29 is 9.50 Å². The molecule has 0 bridgehead atoms. The molecule has 0 aliphatic rings. The van der Waals surface area contributed by atoms with Crippen LogP contribution in [-0.2, 0) is 6.42 Å². The lowest BCUT2D eigenvalue weighted by molar-refractivity contribution is 0.447. The minimum atomic E-state index is -0.565. The number of aromatic amines is 1. The molecular weight excluding hydrogens is 259 g/mol. The zero-order valence-electron chi connectivity index (χ0n) is 11.5. The number of rotatable bonds is 4. The average Bonchev–Trinajstić information content (AvgIpc) is 2.38. The van der Waals surface area contributed by atoms with E-state index in [0.717, 1.165) is 6.42 Å². The minimum absolute atomic E-state index is 0.0501. The van der Waals surface area contributed by atoms with Gasteiger partial charge < -0.3 is 10.1 Å². The van der Waals surface area contributed by atoms with Gasteiger partial charge in [-0.3, -0.25) is 4.79 Å². The summed E-state index contributed by atoms with van der Waals surface area (Å²) in [5, 5.41) is 9.92. The molecule has 1 aromatic carbocycles. The molecule has 0 saturated carbocycles. The van der Waals surface area contributed by atoms with E-state index in [0.29, 0.717) is 18.2 Å². The second-order valence-corrected chi connectivity index (χ2v) is 5.12. The van der Waals surface area contributed by atoms with Gasteiger partial charge in [-0.1, -0.05) is 32.0 Å². The first-order valence-corrected chi connectivity index (χ1v) is 6.56. The predicted molar refractivity (Wildman–Crippen MR) is 75.1 cm³/mol. The summed E-state index contributed by atoms with van der Waals surface area (Å²) in [5.41, 5.74) is -0.605. The molecular formula is C15H17FN2O2. The molecule has 0 amide bonds. The summed E-state index contributed by atoms with van der Waals surface area (Å²) >= 11 is 0. The van der Waals surface area contributed by atoms with Crippen LogP contribution in [0.4, 0.5) is 4.39 Å². The van der Waals surface area contributed by atoms with Gasteiger partial charge in [-0.05, 0) is 18.4 Å². The fourth-order valence-corrected chi connectivity index (χ4v) is 1.96. The van der Waals surface area contributed by atoms with Gasteiger partial charge in [0.05, 0.1) is 0 Å². The van der Waals surface area contributed by atoms with Gasteiger partial charge in [-0.15, -0.1) is 0 Å². The molecule has 0 aliphatic heterocycles. The van der Waals surface area contributed by atoms with E-state index in [-0.39, 0.29) is 11.1 Å². The van der Waals surface area contributed by atoms with Gasteiger partial charge in [-0.25, -0.2) is 4.39 Å². The molecule has 20 heavy (non-hydrogen) atoms. The lowest BCUT2D eigenvalue weighted by Gasteiger charge is -2.08. The highest BCUT2D eigenvalue weighted by Gasteiger charge is 2.16. The van der Waals surface area contributed by atoms with Gasteiger partial charge in [0.1, 0.15) is 17.2 Å². The van der Waals surface area contributed by atoms with Crippen molar-refractivity contribution in [1.29, 1.82) is 0 Å². The summed E-state index contributed by atoms with van der Waals surface area (Å²) in [6.07, 6.45) is 1.42. The molecule has 2 N–H and O–H groups in total. The van der Waals surface area contributed by atoms with Crippen molar-refractivity contribution in [3.05, 3.63) is 46.3 Å². The molecule has 0 fully saturated rings. The van der Waals surface area contributed by atoms with Crippen LogP contribution in [0.25, 0.3) is 11.1 Å². The van der Waals surface area contributed by atoms with Gasteiger partial charge in [0, 0.05) is 12.0 Å². The SMILES string of the molecule is CC(C)CCc1nc(O)c(-c2ccccc2F)c(=O)[nH]1. The van der Waals surface area contributed by atoms with Crippen molar-refractivity contribution in [3.63, 3.8) is 0 Å². The molecule has 0 radical (unpaired) electrons. The zero-order chi connectivity index (χ0) is 14.7. The minimum Gasteiger partial charge on any atom is -0.493 e. The number of benzene rings is 1. The number of nitrogens with one attached hydrogen (secondary N) is 1. The Kier molecular flexibility index (Phi) is 4.17. The summed E-state index contributed by atoms with van der Waals surface area (Å²) in [6.45, 7) is 4.12. The number of aromatic nitrogens is 2. The standard InChI is InChI=1S/C15H17FN2O2/c1-9(2)7-8-12-17-14(19)13(15(20)18-12)10-5-3-4-6-11(10)16/h3-6,9H,7-8H2,1-2H3,(H2,17,18,19,20). The molecule has 0 saturated heterocycles. The highest BCUT2D eigenvalue weighted by molar-refractivity contribution is 5.67. The first-order chi connectivity index (χ1) is 9.49. The number of hydrogen-bond acceptors (Lipinski definition) is 3. The third-order valence-corrected chi connectivity index (χ3v) is 3.05. The lowest BCUT2D eigenvalue weighted by Crippen LogP contribution is -2.15. The zero-order valence-corrected chi connectivity index (χ0v) is 11.5. The molecule has 106 valence electrons. The highest BCUT2D eigenvalue weighted by atomic mass is 19.1. The third-order valence-electron chi connectivity index (χ3n) is 3.05. The second-order valence-electron chi connectivity index (χ2n) is 5.12. The Morgan fingerprint density at radius 2 is 2.05 bits per heavy atom. The van der Waals surface area contributed by atoms with Crippen LogP contribution < -0.4 is 5.56 Å². The summed E-state index contributed by atoms with van der Waals surface area (Å²) in [7, 11) is 0. The molecule has 0 aliphatic carbocycles. The van der Waals surface area contributed by atoms with Gasteiger partial charge in [-0.2, -0.15) is 4.98 Å². The molecule has 0 atom stereocenters. The Balaban J connectivity index is 2.42. The maximum absolute atomic E-state index is 13.7. The van der Waals surface area contributed by atoms with Crippen molar-refractivity contribution in [3.8, 4) is 17.0 Å². The summed E-state index contributed by atoms with van der Waals surface area (Å²) in [4.78, 5) is 18.6. The largest absolute Gasteiger partial charge is 0.493 e. The van der Waals surface area contributed by atoms with E-state index in [1.165, 1.54) is 18.2 Å². The van der Waals surface area contributed by atoms with Crippen LogP contribution in [0.15, 0.2) is 29.1 Å². The quantitative estimate of drug-likeness (QED) is 0.902. The molecule has 4 nitrogen and oxygen atoms in total. The molecule has 5 heteroatoms. The Morgan fingerprint density at radius 1 is 1.35 bits per heavy atom. The van der Waals surface area contributed by atoms with Crippen molar-refractivity contribution in [2.45, 2.75) is 26.7 Å². The fourth-order valence-electron chi connectivity index (χ4n) is 1.96. The lowest BCUT2D eigenvalue weighted by atomic mass is 10.1. The number of aromatic hydroxyl groups is 1. The Hall–Kier alpha value is -2.17. The van der Waals surface area contributed by atoms with Gasteiger partial charge in [0.15, 0.2) is 0 Å². The van der Waals surface area contributed by atoms with E-state index in [9.17, 15) is 14.3 Å². The summed E-state index contributed by atoms with van der Waals surface area (Å²) < 4.78 is 13.7. The second kappa shape index (κ2) is 5.86. The smallest absolute Gasteiger partial charge is 0.262 e. The van der Waals surface area contributed by atoms with Crippen LogP contribution in [0.2, 0.25) is 0 Å². The predicted octanol–water partition coefficient (Wildman–Crippen LogP) is 2.87. The molecule has 1 aromatic heterocycles. The van der Waals surface area contributed by atoms with Gasteiger partial charge in [0.25, 0.3) is 5.56 Å². The van der Waals surface area contributed by atoms with Crippen molar-refractivity contribution >= 4 is 0 Å². The molecule has 0 unspecified atom stereocenters. The van der Waals surface area contributed by atoms with Crippen LogP contribution in [0.1, 0.15) is 26.1 Å². The van der Waals surface area contributed by atoms with Crippen molar-refractivity contribution in [2.24, 2.45) is 5.92 Å². The maximum atomic E-state index is 13.7. The summed E-state index contributed by atoms with van der Waals surface area (Å²) in [5.74, 6) is -0.113. The number of hydrogen-bond donors (Lipinski definition) is 2. The normalized spacial score (nSPS) is 11.0. The van der Waals surface area contributed by atoms with Crippen LogP contribution >= 0.6 is 0 Å². The number of nitrogens with zero attached hydrogens (tertiary/aromatic N) is 1. The molecule has 2 aromatic rings. The number of halogens is 1. The van der Waals surface area contributed by atoms with Crippen molar-refractivity contribution in [2.75, 3.05) is 0 Å². The van der Waals surface area contributed by atoms with Crippen LogP contribution in [-0.4, -0.2) is 15.1 Å². The topological polar surface area (TPSA) is 66.0 Å². The van der Waals surface area contributed by atoms with E-state index in [1.807, 2.05) is 0 Å². The first kappa shape index (κ1) is 14.2. The summed E-state index contributed by atoms with van der Waals surface area (Å²) in [6, 6.07) is 5.80. The van der Waals surface area contributed by atoms with Gasteiger partial charge in [0.2, 0.25) is 5.88 Å². The molecule has 0 spiro atoms. The number of H-pyrrole nitrogens is 1. The number of aryl methyl sites for hydroxylation is 1.